The Labute approximate surface area is 113 Å². The number of hydrogen-bond donors (Lipinski definition) is 2. The Morgan fingerprint density at radius 2 is 2.12 bits per heavy atom. The predicted molar refractivity (Wildman–Crippen MR) is 76.4 cm³/mol. The fourth-order valence-electron chi connectivity index (χ4n) is 1.26. The molecule has 0 aromatic carbocycles. The summed E-state index contributed by atoms with van der Waals surface area (Å²) < 4.78 is 0. The maximum atomic E-state index is 8.91. The monoisotopic (exact) mass is 279 g/mol. The molecule has 1 rings (SSSR count). The van der Waals surface area contributed by atoms with Crippen molar-refractivity contribution in [3.63, 3.8) is 0 Å². The minimum atomic E-state index is 0. The van der Waals surface area contributed by atoms with Gasteiger partial charge in [-0.25, -0.2) is 4.98 Å². The van der Waals surface area contributed by atoms with Gasteiger partial charge in [0.1, 0.15) is 0 Å². The van der Waals surface area contributed by atoms with Gasteiger partial charge in [-0.3, -0.25) is 0 Å². The number of aromatic nitrogens is 1. The van der Waals surface area contributed by atoms with Crippen LogP contribution in [-0.2, 0) is 6.54 Å². The van der Waals surface area contributed by atoms with Crippen LogP contribution in [0.25, 0.3) is 0 Å². The lowest BCUT2D eigenvalue weighted by Gasteiger charge is -2.08. The first-order valence-electron chi connectivity index (χ1n) is 5.49. The van der Waals surface area contributed by atoms with Crippen LogP contribution in [0.15, 0.2) is 0 Å². The quantitative estimate of drug-likeness (QED) is 0.832. The average Bonchev–Trinajstić information content (AvgIpc) is 2.60. The molecule has 0 saturated carbocycles. The van der Waals surface area contributed by atoms with Crippen molar-refractivity contribution in [3.8, 4) is 0 Å². The van der Waals surface area contributed by atoms with Crippen molar-refractivity contribution in [3.05, 3.63) is 10.6 Å². The van der Waals surface area contributed by atoms with Gasteiger partial charge in [0.25, 0.3) is 0 Å². The van der Waals surface area contributed by atoms with Gasteiger partial charge in [-0.05, 0) is 12.8 Å². The first kappa shape index (κ1) is 16.6. The third-order valence-electron chi connectivity index (χ3n) is 2.35. The van der Waals surface area contributed by atoms with Gasteiger partial charge in [0.15, 0.2) is 5.13 Å². The van der Waals surface area contributed by atoms with Crippen molar-refractivity contribution in [1.29, 1.82) is 0 Å². The number of anilines is 1. The Morgan fingerprint density at radius 1 is 1.47 bits per heavy atom. The summed E-state index contributed by atoms with van der Waals surface area (Å²) in [6.07, 6.45) is 0. The maximum Gasteiger partial charge on any atom is 0.185 e. The summed E-state index contributed by atoms with van der Waals surface area (Å²) >= 11 is 1.72. The lowest BCUT2D eigenvalue weighted by molar-refractivity contribution is 0.233. The molecule has 0 spiro atoms. The molecule has 0 aliphatic rings. The molecule has 0 aliphatic carbocycles. The molecule has 0 bridgehead atoms. The van der Waals surface area contributed by atoms with Crippen molar-refractivity contribution in [2.24, 2.45) is 5.92 Å². The standard InChI is InChI=1S/C11H21N3OS.ClH/c1-8(7-15)5-12-6-10-9(2)13-11(16-10)14(3)4;/h8,12,15H,5-7H2,1-4H3;1H. The van der Waals surface area contributed by atoms with Gasteiger partial charge in [-0.15, -0.1) is 23.7 Å². The SMILES string of the molecule is Cc1nc(N(C)C)sc1CNCC(C)CO.Cl. The first-order chi connectivity index (χ1) is 7.54. The number of rotatable bonds is 6. The second-order valence-electron chi connectivity index (χ2n) is 4.32. The van der Waals surface area contributed by atoms with Crippen LogP contribution in [0.4, 0.5) is 5.13 Å². The molecule has 1 aromatic rings. The van der Waals surface area contributed by atoms with Gasteiger partial charge in [-0.2, -0.15) is 0 Å². The van der Waals surface area contributed by atoms with E-state index in [4.69, 9.17) is 5.11 Å². The van der Waals surface area contributed by atoms with E-state index < -0.39 is 0 Å². The van der Waals surface area contributed by atoms with Crippen molar-refractivity contribution in [2.75, 3.05) is 32.1 Å². The minimum absolute atomic E-state index is 0. The van der Waals surface area contributed by atoms with E-state index in [-0.39, 0.29) is 19.0 Å². The van der Waals surface area contributed by atoms with Crippen LogP contribution in [0.1, 0.15) is 17.5 Å². The molecule has 1 unspecified atom stereocenters. The molecule has 0 saturated heterocycles. The number of halogens is 1. The lowest BCUT2D eigenvalue weighted by atomic mass is 10.2. The van der Waals surface area contributed by atoms with Crippen LogP contribution in [0.5, 0.6) is 0 Å². The highest BCUT2D eigenvalue weighted by Gasteiger charge is 2.08. The largest absolute Gasteiger partial charge is 0.396 e. The van der Waals surface area contributed by atoms with Crippen LogP contribution in [0.2, 0.25) is 0 Å². The fraction of sp³-hybridized carbons (Fsp3) is 0.727. The Bertz CT molecular complexity index is 331. The molecule has 0 amide bonds. The molecule has 2 N–H and O–H groups in total. The van der Waals surface area contributed by atoms with E-state index in [2.05, 4.69) is 10.3 Å². The average molecular weight is 280 g/mol. The van der Waals surface area contributed by atoms with E-state index >= 15 is 0 Å². The van der Waals surface area contributed by atoms with E-state index in [1.807, 2.05) is 32.8 Å². The summed E-state index contributed by atoms with van der Waals surface area (Å²) in [6.45, 7) is 5.97. The highest BCUT2D eigenvalue weighted by molar-refractivity contribution is 7.15. The zero-order valence-corrected chi connectivity index (χ0v) is 12.5. The van der Waals surface area contributed by atoms with E-state index in [9.17, 15) is 0 Å². The highest BCUT2D eigenvalue weighted by atomic mass is 35.5. The molecule has 100 valence electrons. The van der Waals surface area contributed by atoms with E-state index in [1.54, 1.807) is 11.3 Å². The number of aryl methyl sites for hydroxylation is 1. The molecule has 0 fully saturated rings. The molecule has 4 nitrogen and oxygen atoms in total. The number of aliphatic hydroxyl groups excluding tert-OH is 1. The van der Waals surface area contributed by atoms with Gasteiger partial charge in [0.05, 0.1) is 5.69 Å². The molecule has 0 radical (unpaired) electrons. The van der Waals surface area contributed by atoms with Crippen LogP contribution < -0.4 is 10.2 Å². The van der Waals surface area contributed by atoms with Crippen molar-refractivity contribution in [2.45, 2.75) is 20.4 Å². The number of nitrogens with zero attached hydrogens (tertiary/aromatic N) is 2. The molecule has 0 aliphatic heterocycles. The van der Waals surface area contributed by atoms with E-state index in [1.165, 1.54) is 4.88 Å². The van der Waals surface area contributed by atoms with Gasteiger partial charge < -0.3 is 15.3 Å². The van der Waals surface area contributed by atoms with Crippen LogP contribution >= 0.6 is 23.7 Å². The summed E-state index contributed by atoms with van der Waals surface area (Å²) in [7, 11) is 4.01. The minimum Gasteiger partial charge on any atom is -0.396 e. The molecule has 6 heteroatoms. The smallest absolute Gasteiger partial charge is 0.185 e. The number of hydrogen-bond acceptors (Lipinski definition) is 5. The zero-order valence-electron chi connectivity index (χ0n) is 10.9. The van der Waals surface area contributed by atoms with Gasteiger partial charge in [0, 0.05) is 38.7 Å². The van der Waals surface area contributed by atoms with Crippen LogP contribution in [-0.4, -0.2) is 37.3 Å². The Hall–Kier alpha value is -0.360. The summed E-state index contributed by atoms with van der Waals surface area (Å²) in [6, 6.07) is 0. The summed E-state index contributed by atoms with van der Waals surface area (Å²) in [5.41, 5.74) is 1.10. The van der Waals surface area contributed by atoms with Crippen molar-refractivity contribution in [1.82, 2.24) is 10.3 Å². The second-order valence-corrected chi connectivity index (χ2v) is 5.38. The van der Waals surface area contributed by atoms with Crippen molar-refractivity contribution < 1.29 is 5.11 Å². The number of nitrogens with one attached hydrogen (secondary N) is 1. The van der Waals surface area contributed by atoms with Crippen LogP contribution in [0, 0.1) is 12.8 Å². The van der Waals surface area contributed by atoms with Gasteiger partial charge >= 0.3 is 0 Å². The highest BCUT2D eigenvalue weighted by Crippen LogP contribution is 2.24. The Kier molecular flexibility index (Phi) is 7.70. The van der Waals surface area contributed by atoms with Crippen molar-refractivity contribution >= 4 is 28.9 Å². The normalized spacial score (nSPS) is 12.1. The molecule has 1 atom stereocenters. The first-order valence-corrected chi connectivity index (χ1v) is 6.31. The third-order valence-corrected chi connectivity index (χ3v) is 3.68. The molecule has 1 aromatic heterocycles. The maximum absolute atomic E-state index is 8.91. The van der Waals surface area contributed by atoms with Gasteiger partial charge in [0.2, 0.25) is 0 Å². The Morgan fingerprint density at radius 3 is 2.59 bits per heavy atom. The van der Waals surface area contributed by atoms with Crippen LogP contribution in [0.3, 0.4) is 0 Å². The number of aliphatic hydroxyl groups is 1. The summed E-state index contributed by atoms with van der Waals surface area (Å²) in [5.74, 6) is 0.307. The topological polar surface area (TPSA) is 48.4 Å². The molecular formula is C11H22ClN3OS. The predicted octanol–water partition coefficient (Wildman–Crippen LogP) is 1.66. The molecular weight excluding hydrogens is 258 g/mol. The third kappa shape index (κ3) is 5.21. The Balaban J connectivity index is 0.00000256. The summed E-state index contributed by atoms with van der Waals surface area (Å²) in [4.78, 5) is 7.78. The second kappa shape index (κ2) is 7.87. The van der Waals surface area contributed by atoms with E-state index in [0.717, 1.165) is 23.9 Å². The van der Waals surface area contributed by atoms with Gasteiger partial charge in [-0.1, -0.05) is 6.92 Å². The molecule has 17 heavy (non-hydrogen) atoms. The fourth-order valence-corrected chi connectivity index (χ4v) is 2.22. The lowest BCUT2D eigenvalue weighted by Crippen LogP contribution is -2.22. The summed E-state index contributed by atoms with van der Waals surface area (Å²) in [5, 5.41) is 13.3. The van der Waals surface area contributed by atoms with E-state index in [0.29, 0.717) is 5.92 Å². The number of thiazole rings is 1. The molecule has 1 heterocycles. The zero-order chi connectivity index (χ0) is 12.1.